The van der Waals surface area contributed by atoms with Gasteiger partial charge in [-0.05, 0) is 40.7 Å². The van der Waals surface area contributed by atoms with Crippen LogP contribution < -0.4 is 10.2 Å². The number of alkyl carbamates (subject to hydrolysis) is 1. The zero-order valence-electron chi connectivity index (χ0n) is 15.8. The van der Waals surface area contributed by atoms with Crippen molar-refractivity contribution in [3.8, 4) is 6.07 Å². The Hall–Kier alpha value is -2.82. The molecule has 2 heterocycles. The Labute approximate surface area is 153 Å². The zero-order chi connectivity index (χ0) is 19.5. The molecule has 1 aromatic heterocycles. The molecular formula is C18H24N4O4. The molecule has 0 atom stereocenters. The van der Waals surface area contributed by atoms with E-state index in [2.05, 4.69) is 16.4 Å². The average molecular weight is 360 g/mol. The Bertz CT molecular complexity index is 743. The molecule has 0 radical (unpaired) electrons. The van der Waals surface area contributed by atoms with Crippen LogP contribution in [0, 0.1) is 18.3 Å². The van der Waals surface area contributed by atoms with Crippen molar-refractivity contribution in [3.05, 3.63) is 22.9 Å². The number of nitrogens with one attached hydrogen (secondary N) is 1. The van der Waals surface area contributed by atoms with Crippen LogP contribution in [0.15, 0.2) is 6.07 Å². The molecule has 8 nitrogen and oxygen atoms in total. The lowest BCUT2D eigenvalue weighted by atomic mass is 10.1. The van der Waals surface area contributed by atoms with Crippen LogP contribution in [0.4, 0.5) is 10.6 Å². The monoisotopic (exact) mass is 360 g/mol. The molecule has 8 heteroatoms. The lowest BCUT2D eigenvalue weighted by molar-refractivity contribution is 0.0491. The minimum atomic E-state index is -0.552. The normalized spacial score (nSPS) is 14.2. The summed E-state index contributed by atoms with van der Waals surface area (Å²) in [6, 6.07) is 3.50. The number of anilines is 1. The smallest absolute Gasteiger partial charge is 0.407 e. The topological polar surface area (TPSA) is 105 Å². The van der Waals surface area contributed by atoms with Crippen molar-refractivity contribution in [2.45, 2.75) is 46.3 Å². The van der Waals surface area contributed by atoms with Gasteiger partial charge < -0.3 is 19.7 Å². The highest BCUT2D eigenvalue weighted by Crippen LogP contribution is 2.25. The minimum absolute atomic E-state index is 0.0803. The van der Waals surface area contributed by atoms with E-state index < -0.39 is 17.7 Å². The summed E-state index contributed by atoms with van der Waals surface area (Å²) < 4.78 is 10.2. The number of amides is 1. The summed E-state index contributed by atoms with van der Waals surface area (Å²) in [6.07, 6.45) is -0.468. The molecule has 1 amide bonds. The summed E-state index contributed by atoms with van der Waals surface area (Å²) >= 11 is 0. The fourth-order valence-electron chi connectivity index (χ4n) is 2.55. The van der Waals surface area contributed by atoms with E-state index in [4.69, 9.17) is 9.47 Å². The quantitative estimate of drug-likeness (QED) is 0.820. The summed E-state index contributed by atoms with van der Waals surface area (Å²) in [4.78, 5) is 30.0. The van der Waals surface area contributed by atoms with Crippen LogP contribution >= 0.6 is 0 Å². The molecule has 0 saturated carbocycles. The minimum Gasteiger partial charge on any atom is -0.462 e. The van der Waals surface area contributed by atoms with Crippen LogP contribution in [0.1, 0.15) is 49.3 Å². The van der Waals surface area contributed by atoms with Gasteiger partial charge in [0, 0.05) is 13.1 Å². The van der Waals surface area contributed by atoms with E-state index >= 15 is 0 Å². The number of aromatic nitrogens is 1. The molecule has 0 bridgehead atoms. The van der Waals surface area contributed by atoms with Crippen molar-refractivity contribution in [2.24, 2.45) is 0 Å². The first-order valence-corrected chi connectivity index (χ1v) is 8.48. The number of pyridine rings is 1. The van der Waals surface area contributed by atoms with Crippen molar-refractivity contribution in [3.63, 3.8) is 0 Å². The van der Waals surface area contributed by atoms with Gasteiger partial charge in [-0.2, -0.15) is 5.26 Å². The van der Waals surface area contributed by atoms with Gasteiger partial charge in [-0.1, -0.05) is 0 Å². The van der Waals surface area contributed by atoms with Crippen molar-refractivity contribution in [2.75, 3.05) is 24.6 Å². The maximum atomic E-state index is 11.9. The molecule has 140 valence electrons. The average Bonchev–Trinajstić information content (AvgIpc) is 2.48. The maximum Gasteiger partial charge on any atom is 0.407 e. The molecule has 0 unspecified atom stereocenters. The Balaban J connectivity index is 2.05. The van der Waals surface area contributed by atoms with E-state index in [0.717, 1.165) is 0 Å². The molecule has 1 N–H and O–H groups in total. The van der Waals surface area contributed by atoms with Crippen molar-refractivity contribution >= 4 is 17.9 Å². The van der Waals surface area contributed by atoms with Gasteiger partial charge in [-0.25, -0.2) is 14.6 Å². The van der Waals surface area contributed by atoms with Gasteiger partial charge in [-0.15, -0.1) is 0 Å². The van der Waals surface area contributed by atoms with Gasteiger partial charge in [0.1, 0.15) is 17.5 Å². The van der Waals surface area contributed by atoms with Gasteiger partial charge in [0.2, 0.25) is 0 Å². The largest absolute Gasteiger partial charge is 0.462 e. The number of esters is 1. The molecule has 26 heavy (non-hydrogen) atoms. The highest BCUT2D eigenvalue weighted by Gasteiger charge is 2.32. The van der Waals surface area contributed by atoms with Crippen LogP contribution in [0.3, 0.4) is 0 Å². The predicted octanol–water partition coefficient (Wildman–Crippen LogP) is 2.15. The first-order valence-electron chi connectivity index (χ1n) is 8.48. The van der Waals surface area contributed by atoms with Gasteiger partial charge in [0.25, 0.3) is 0 Å². The third-order valence-corrected chi connectivity index (χ3v) is 3.71. The predicted molar refractivity (Wildman–Crippen MR) is 95.0 cm³/mol. The number of hydrogen-bond donors (Lipinski definition) is 1. The van der Waals surface area contributed by atoms with Crippen LogP contribution in [0.25, 0.3) is 0 Å². The van der Waals surface area contributed by atoms with Gasteiger partial charge in [0.15, 0.2) is 0 Å². The maximum absolute atomic E-state index is 11.9. The number of carbonyl (C=O) groups excluding carboxylic acids is 2. The summed E-state index contributed by atoms with van der Waals surface area (Å²) in [5, 5.41) is 12.2. The Morgan fingerprint density at radius 2 is 2.08 bits per heavy atom. The zero-order valence-corrected chi connectivity index (χ0v) is 15.8. The third kappa shape index (κ3) is 4.63. The number of aryl methyl sites for hydroxylation is 1. The van der Waals surface area contributed by atoms with Crippen LogP contribution in [0.5, 0.6) is 0 Å². The van der Waals surface area contributed by atoms with Crippen LogP contribution in [-0.2, 0) is 9.47 Å². The number of rotatable bonds is 4. The van der Waals surface area contributed by atoms with Crippen molar-refractivity contribution in [1.29, 1.82) is 5.26 Å². The molecule has 0 aliphatic carbocycles. The SMILES string of the molecule is CCOC(=O)c1cc(C#N)c(N2CC(NC(=O)OC(C)(C)C)C2)nc1C. The summed E-state index contributed by atoms with van der Waals surface area (Å²) in [7, 11) is 0. The molecule has 1 aliphatic heterocycles. The second-order valence-corrected chi connectivity index (χ2v) is 7.07. The standard InChI is InChI=1S/C18H24N4O4/c1-6-25-16(23)14-7-12(8-19)15(20-11(14)2)22-9-13(10-22)21-17(24)26-18(3,4)5/h7,13H,6,9-10H2,1-5H3,(H,21,24). The molecule has 1 saturated heterocycles. The van der Waals surface area contributed by atoms with E-state index in [1.165, 1.54) is 6.07 Å². The van der Waals surface area contributed by atoms with Gasteiger partial charge in [0.05, 0.1) is 29.5 Å². The Kier molecular flexibility index (Phi) is 5.70. The highest BCUT2D eigenvalue weighted by molar-refractivity contribution is 5.91. The fraction of sp³-hybridized carbons (Fsp3) is 0.556. The lowest BCUT2D eigenvalue weighted by Gasteiger charge is -2.41. The lowest BCUT2D eigenvalue weighted by Crippen LogP contribution is -2.60. The summed E-state index contributed by atoms with van der Waals surface area (Å²) in [5.74, 6) is 0.00826. The molecule has 1 aliphatic rings. The first kappa shape index (κ1) is 19.5. The highest BCUT2D eigenvalue weighted by atomic mass is 16.6. The Morgan fingerprint density at radius 1 is 1.42 bits per heavy atom. The fourth-order valence-corrected chi connectivity index (χ4v) is 2.55. The summed E-state index contributed by atoms with van der Waals surface area (Å²) in [6.45, 7) is 10.1. The third-order valence-electron chi connectivity index (χ3n) is 3.71. The molecule has 0 spiro atoms. The number of nitrogens with zero attached hydrogens (tertiary/aromatic N) is 3. The molecule has 1 aromatic rings. The number of ether oxygens (including phenoxy) is 2. The first-order chi connectivity index (χ1) is 12.1. The van der Waals surface area contributed by atoms with E-state index in [9.17, 15) is 14.9 Å². The van der Waals surface area contributed by atoms with Crippen molar-refractivity contribution in [1.82, 2.24) is 10.3 Å². The molecular weight excluding hydrogens is 336 g/mol. The Morgan fingerprint density at radius 3 is 2.62 bits per heavy atom. The number of hydrogen-bond acceptors (Lipinski definition) is 7. The van der Waals surface area contributed by atoms with E-state index in [1.54, 1.807) is 34.6 Å². The van der Waals surface area contributed by atoms with Gasteiger partial charge in [-0.3, -0.25) is 0 Å². The van der Waals surface area contributed by atoms with E-state index in [1.807, 2.05) is 4.90 Å². The van der Waals surface area contributed by atoms with Crippen molar-refractivity contribution < 1.29 is 19.1 Å². The van der Waals surface area contributed by atoms with E-state index in [0.29, 0.717) is 30.2 Å². The number of nitriles is 1. The van der Waals surface area contributed by atoms with Crippen LogP contribution in [0.2, 0.25) is 0 Å². The second-order valence-electron chi connectivity index (χ2n) is 7.07. The van der Waals surface area contributed by atoms with E-state index in [-0.39, 0.29) is 18.2 Å². The molecule has 0 aromatic carbocycles. The summed E-state index contributed by atoms with van der Waals surface area (Å²) in [5.41, 5.74) is 0.537. The molecule has 1 fully saturated rings. The number of carbonyl (C=O) groups is 2. The van der Waals surface area contributed by atoms with Gasteiger partial charge >= 0.3 is 12.1 Å². The second kappa shape index (κ2) is 7.60. The van der Waals surface area contributed by atoms with Crippen LogP contribution in [-0.4, -0.2) is 48.4 Å². The molecule has 2 rings (SSSR count).